The first-order valence-corrected chi connectivity index (χ1v) is 18.9. The van der Waals surface area contributed by atoms with Crippen molar-refractivity contribution in [1.29, 1.82) is 0 Å². The molecule has 3 aliphatic carbocycles. The Morgan fingerprint density at radius 2 is 1.86 bits per heavy atom. The maximum atomic E-state index is 13.7. The molecule has 6 atom stereocenters. The average molecular weight is 698 g/mol. The van der Waals surface area contributed by atoms with Crippen LogP contribution in [0.15, 0.2) is 71.9 Å². The molecule has 1 saturated heterocycles. The zero-order chi connectivity index (χ0) is 35.6. The van der Waals surface area contributed by atoms with Gasteiger partial charge in [-0.25, -0.2) is 0 Å². The Hall–Kier alpha value is -3.73. The second kappa shape index (κ2) is 15.3. The molecule has 4 fully saturated rings. The van der Waals surface area contributed by atoms with E-state index in [1.807, 2.05) is 55.4 Å². The van der Waals surface area contributed by atoms with Gasteiger partial charge >= 0.3 is 0 Å². The summed E-state index contributed by atoms with van der Waals surface area (Å²) in [7, 11) is 5.59. The number of ether oxygens (including phenoxy) is 1. The summed E-state index contributed by atoms with van der Waals surface area (Å²) in [6, 6.07) is 20.8. The standard InChI is InChI=1S/C40H51N5O4S/c1-25-34-19-30(40(34,2)3)20-35(25)42-39(47)36-23-50-24-45(36)21-27-13-10-14-33(37(27)49-6)28-16-29(18-31(17-28)43-48)38(46)41-32(22-44(4)5)15-26-11-8-7-9-12-26/h7-14,16-18,25,30,32,34-36H,15,19-24H2,1-6H3,(H,41,46)(H,42,47)/t25-,30+,32-,34-,35-,36-/m0/s1. The summed E-state index contributed by atoms with van der Waals surface area (Å²) in [5, 5.41) is 9.86. The van der Waals surface area contributed by atoms with Gasteiger partial charge in [0.2, 0.25) is 5.91 Å². The number of carbonyl (C=O) groups excluding carboxylic acids is 2. The average Bonchev–Trinajstić information content (AvgIpc) is 3.57. The number of carbonyl (C=O) groups is 2. The number of nitroso groups, excluding NO2 is 1. The van der Waals surface area contributed by atoms with Crippen LogP contribution in [0.1, 0.15) is 55.1 Å². The van der Waals surface area contributed by atoms with Gasteiger partial charge in [0.1, 0.15) is 11.4 Å². The molecule has 3 aromatic carbocycles. The molecule has 1 heterocycles. The van der Waals surface area contributed by atoms with Gasteiger partial charge in [0.05, 0.1) is 13.2 Å². The smallest absolute Gasteiger partial charge is 0.251 e. The van der Waals surface area contributed by atoms with E-state index in [-0.39, 0.29) is 35.6 Å². The van der Waals surface area contributed by atoms with Gasteiger partial charge in [0, 0.05) is 53.5 Å². The molecule has 266 valence electrons. The third-order valence-electron chi connectivity index (χ3n) is 11.5. The van der Waals surface area contributed by atoms with E-state index in [0.29, 0.717) is 59.6 Å². The first-order valence-electron chi connectivity index (χ1n) is 17.7. The summed E-state index contributed by atoms with van der Waals surface area (Å²) < 4.78 is 6.01. The molecule has 3 aromatic rings. The van der Waals surface area contributed by atoms with Crippen LogP contribution in [0.25, 0.3) is 11.1 Å². The van der Waals surface area contributed by atoms with E-state index in [2.05, 4.69) is 53.6 Å². The SMILES string of the molecule is COc1c(CN2CSC[C@H]2C(=O)N[C@H]2C[C@H]3C[C@@H]([C@@H]2C)C3(C)C)cccc1-c1cc(N=O)cc(C(=O)N[C@@H](Cc2ccccc2)CN(C)C)c1. The zero-order valence-corrected chi connectivity index (χ0v) is 31.0. The fourth-order valence-corrected chi connectivity index (χ4v) is 9.81. The Labute approximate surface area is 300 Å². The molecule has 3 saturated carbocycles. The van der Waals surface area contributed by atoms with Crippen molar-refractivity contribution in [2.24, 2.45) is 28.3 Å². The number of hydrogen-bond acceptors (Lipinski definition) is 8. The van der Waals surface area contributed by atoms with Crippen molar-refractivity contribution in [2.45, 2.75) is 64.7 Å². The lowest BCUT2D eigenvalue weighted by Gasteiger charge is -2.62. The molecule has 1 aliphatic heterocycles. The minimum absolute atomic E-state index is 0.112. The van der Waals surface area contributed by atoms with E-state index >= 15 is 0 Å². The molecule has 0 unspecified atom stereocenters. The molecule has 4 aliphatic rings. The number of nitrogens with zero attached hydrogens (tertiary/aromatic N) is 3. The highest BCUT2D eigenvalue weighted by molar-refractivity contribution is 7.99. The molecule has 0 spiro atoms. The molecule has 9 nitrogen and oxygen atoms in total. The van der Waals surface area contributed by atoms with Crippen LogP contribution in [0.3, 0.4) is 0 Å². The second-order valence-corrected chi connectivity index (χ2v) is 16.3. The van der Waals surface area contributed by atoms with Crippen LogP contribution in [0.4, 0.5) is 5.69 Å². The van der Waals surface area contributed by atoms with Gasteiger partial charge in [0.25, 0.3) is 5.91 Å². The van der Waals surface area contributed by atoms with Gasteiger partial charge in [-0.2, -0.15) is 0 Å². The van der Waals surface area contributed by atoms with Crippen LogP contribution in [-0.2, 0) is 17.8 Å². The van der Waals surface area contributed by atoms with Gasteiger partial charge in [0.15, 0.2) is 0 Å². The van der Waals surface area contributed by atoms with Crippen LogP contribution >= 0.6 is 11.8 Å². The van der Waals surface area contributed by atoms with Gasteiger partial charge in [-0.1, -0.05) is 69.3 Å². The zero-order valence-electron chi connectivity index (χ0n) is 30.1. The normalized spacial score (nSPS) is 24.7. The van der Waals surface area contributed by atoms with Crippen LogP contribution in [0, 0.1) is 28.1 Å². The van der Waals surface area contributed by atoms with Crippen molar-refractivity contribution >= 4 is 29.3 Å². The summed E-state index contributed by atoms with van der Waals surface area (Å²) >= 11 is 1.77. The van der Waals surface area contributed by atoms with Crippen molar-refractivity contribution in [1.82, 2.24) is 20.4 Å². The molecule has 50 heavy (non-hydrogen) atoms. The lowest BCUT2D eigenvalue weighted by Crippen LogP contribution is -2.62. The molecular weight excluding hydrogens is 647 g/mol. The Morgan fingerprint density at radius 3 is 2.54 bits per heavy atom. The molecule has 0 radical (unpaired) electrons. The molecule has 7 rings (SSSR count). The molecular formula is C40H51N5O4S. The van der Waals surface area contributed by atoms with Crippen molar-refractivity contribution in [3.8, 4) is 16.9 Å². The Bertz CT molecular complexity index is 1700. The maximum Gasteiger partial charge on any atom is 0.251 e. The van der Waals surface area contributed by atoms with E-state index < -0.39 is 0 Å². The number of likely N-dealkylation sites (N-methyl/N-ethyl adjacent to an activating group) is 1. The largest absolute Gasteiger partial charge is 0.496 e. The first kappa shape index (κ1) is 36.1. The van der Waals surface area contributed by atoms with Crippen molar-refractivity contribution in [3.05, 3.63) is 88.3 Å². The maximum absolute atomic E-state index is 13.7. The summed E-state index contributed by atoms with van der Waals surface area (Å²) in [6.07, 6.45) is 3.02. The van der Waals surface area contributed by atoms with E-state index in [4.69, 9.17) is 4.74 Å². The molecule has 2 bridgehead atoms. The second-order valence-electron chi connectivity index (χ2n) is 15.3. The fraction of sp³-hybridized carbons (Fsp3) is 0.500. The van der Waals surface area contributed by atoms with Gasteiger partial charge < -0.3 is 20.3 Å². The fourth-order valence-electron chi connectivity index (χ4n) is 8.61. The number of fused-ring (bicyclic) bond motifs is 2. The van der Waals surface area contributed by atoms with Gasteiger partial charge in [-0.05, 0) is 91.0 Å². The van der Waals surface area contributed by atoms with Gasteiger partial charge in [-0.15, -0.1) is 16.7 Å². The Morgan fingerprint density at radius 1 is 1.08 bits per heavy atom. The predicted octanol–water partition coefficient (Wildman–Crippen LogP) is 6.72. The third-order valence-corrected chi connectivity index (χ3v) is 12.5. The number of benzene rings is 3. The number of hydrogen-bond donors (Lipinski definition) is 2. The summed E-state index contributed by atoms with van der Waals surface area (Å²) in [5.74, 6) is 3.81. The molecule has 2 amide bonds. The number of methoxy groups -OCH3 is 1. The lowest BCUT2D eigenvalue weighted by atomic mass is 9.45. The predicted molar refractivity (Wildman–Crippen MR) is 202 cm³/mol. The molecule has 10 heteroatoms. The van der Waals surface area contributed by atoms with E-state index in [9.17, 15) is 14.5 Å². The topological polar surface area (TPSA) is 103 Å². The third kappa shape index (κ3) is 7.62. The number of amides is 2. The Balaban J connectivity index is 1.19. The summed E-state index contributed by atoms with van der Waals surface area (Å²) in [6.45, 7) is 8.26. The van der Waals surface area contributed by atoms with Crippen molar-refractivity contribution in [3.63, 3.8) is 0 Å². The van der Waals surface area contributed by atoms with E-state index in [0.717, 1.165) is 34.7 Å². The Kier molecular flexibility index (Phi) is 11.0. The number of thioether (sulfide) groups is 1. The number of para-hydroxylation sites is 1. The van der Waals surface area contributed by atoms with Gasteiger partial charge in [-0.3, -0.25) is 14.5 Å². The minimum Gasteiger partial charge on any atom is -0.496 e. The van der Waals surface area contributed by atoms with E-state index in [1.54, 1.807) is 31.0 Å². The number of rotatable bonds is 13. The lowest BCUT2D eigenvalue weighted by molar-refractivity contribution is -0.136. The van der Waals surface area contributed by atoms with Crippen LogP contribution < -0.4 is 15.4 Å². The first-order chi connectivity index (χ1) is 24.0. The summed E-state index contributed by atoms with van der Waals surface area (Å²) in [5.41, 5.74) is 4.37. The highest BCUT2D eigenvalue weighted by Crippen LogP contribution is 2.61. The highest BCUT2D eigenvalue weighted by atomic mass is 32.2. The van der Waals surface area contributed by atoms with Crippen LogP contribution in [0.5, 0.6) is 5.75 Å². The molecule has 2 N–H and O–H groups in total. The van der Waals surface area contributed by atoms with Crippen LogP contribution in [0.2, 0.25) is 0 Å². The monoisotopic (exact) mass is 697 g/mol. The van der Waals surface area contributed by atoms with E-state index in [1.165, 1.54) is 12.5 Å². The van der Waals surface area contributed by atoms with Crippen LogP contribution in [-0.4, -0.2) is 79.1 Å². The quantitative estimate of drug-likeness (QED) is 0.191. The number of nitrogens with one attached hydrogen (secondary N) is 2. The van der Waals surface area contributed by atoms with Crippen molar-refractivity contribution in [2.75, 3.05) is 39.4 Å². The highest BCUT2D eigenvalue weighted by Gasteiger charge is 2.56. The van der Waals surface area contributed by atoms with Crippen molar-refractivity contribution < 1.29 is 14.3 Å². The summed E-state index contributed by atoms with van der Waals surface area (Å²) in [4.78, 5) is 43.6. The molecule has 0 aromatic heterocycles. The minimum atomic E-state index is -0.272.